The van der Waals surface area contributed by atoms with Crippen LogP contribution in [0.5, 0.6) is 0 Å². The van der Waals surface area contributed by atoms with Gasteiger partial charge in [0.1, 0.15) is 0 Å². The molecule has 2 heterocycles. The third kappa shape index (κ3) is 3.81. The molecule has 24 heavy (non-hydrogen) atoms. The minimum atomic E-state index is 0.750. The van der Waals surface area contributed by atoms with Crippen molar-refractivity contribution in [2.45, 2.75) is 61.1 Å². The molecule has 1 aliphatic heterocycles. The Morgan fingerprint density at radius 3 is 2.58 bits per heavy atom. The Labute approximate surface area is 157 Å². The lowest BCUT2D eigenvalue weighted by Crippen LogP contribution is -2.43. The maximum absolute atomic E-state index is 4.22. The fourth-order valence-electron chi connectivity index (χ4n) is 4.16. The lowest BCUT2D eigenvalue weighted by atomic mass is 9.93. The van der Waals surface area contributed by atoms with E-state index in [1.807, 2.05) is 12.4 Å². The van der Waals surface area contributed by atoms with Gasteiger partial charge in [-0.1, -0.05) is 19.3 Å². The third-order valence-corrected chi connectivity index (χ3v) is 7.87. The van der Waals surface area contributed by atoms with E-state index in [2.05, 4.69) is 55.8 Å². The van der Waals surface area contributed by atoms with E-state index in [0.717, 1.165) is 11.3 Å². The average molecular weight is 405 g/mol. The molecule has 0 amide bonds. The molecule has 0 N–H and O–H groups in total. The van der Waals surface area contributed by atoms with E-state index in [1.165, 1.54) is 78.2 Å². The van der Waals surface area contributed by atoms with E-state index in [1.54, 1.807) is 0 Å². The number of rotatable bonds is 3. The highest BCUT2D eigenvalue weighted by Gasteiger charge is 2.26. The predicted octanol–water partition coefficient (Wildman–Crippen LogP) is 5.89. The minimum Gasteiger partial charge on any atom is -0.300 e. The summed E-state index contributed by atoms with van der Waals surface area (Å²) in [4.78, 5) is 8.37. The van der Waals surface area contributed by atoms with Crippen molar-refractivity contribution in [2.75, 3.05) is 13.1 Å². The Kier molecular flexibility index (Phi) is 5.45. The number of thioether (sulfide) groups is 1. The highest BCUT2D eigenvalue weighted by atomic mass is 79.9. The highest BCUT2D eigenvalue weighted by molar-refractivity contribution is 9.10. The van der Waals surface area contributed by atoms with E-state index in [-0.39, 0.29) is 0 Å². The van der Waals surface area contributed by atoms with Crippen molar-refractivity contribution in [2.24, 2.45) is 0 Å². The summed E-state index contributed by atoms with van der Waals surface area (Å²) >= 11 is 5.82. The van der Waals surface area contributed by atoms with E-state index in [9.17, 15) is 0 Å². The Bertz CT molecular complexity index is 691. The topological polar surface area (TPSA) is 16.1 Å². The fourth-order valence-corrected chi connectivity index (χ4v) is 5.98. The van der Waals surface area contributed by atoms with Gasteiger partial charge in [-0.25, -0.2) is 0 Å². The zero-order valence-corrected chi connectivity index (χ0v) is 16.5. The van der Waals surface area contributed by atoms with Crippen LogP contribution in [-0.2, 0) is 0 Å². The lowest BCUT2D eigenvalue weighted by Gasteiger charge is -2.39. The molecule has 1 aromatic carbocycles. The van der Waals surface area contributed by atoms with Gasteiger partial charge in [0, 0.05) is 38.4 Å². The molecule has 4 heteroatoms. The van der Waals surface area contributed by atoms with Crippen molar-refractivity contribution in [3.8, 4) is 0 Å². The van der Waals surface area contributed by atoms with E-state index >= 15 is 0 Å². The summed E-state index contributed by atoms with van der Waals surface area (Å²) < 4.78 is 1.21. The molecule has 1 saturated heterocycles. The van der Waals surface area contributed by atoms with Crippen LogP contribution >= 0.6 is 27.7 Å². The van der Waals surface area contributed by atoms with Crippen molar-refractivity contribution >= 4 is 38.5 Å². The van der Waals surface area contributed by atoms with Crippen LogP contribution in [0, 0.1) is 0 Å². The number of hydrogen-bond donors (Lipinski definition) is 0. The smallest absolute Gasteiger partial charge is 0.0346 e. The first-order chi connectivity index (χ1) is 11.8. The van der Waals surface area contributed by atoms with Crippen molar-refractivity contribution < 1.29 is 0 Å². The molecule has 2 nitrogen and oxygen atoms in total. The van der Waals surface area contributed by atoms with Crippen molar-refractivity contribution in [3.05, 3.63) is 35.1 Å². The van der Waals surface area contributed by atoms with E-state index < -0.39 is 0 Å². The zero-order valence-electron chi connectivity index (χ0n) is 14.1. The van der Waals surface area contributed by atoms with Crippen LogP contribution in [-0.4, -0.2) is 34.3 Å². The summed E-state index contributed by atoms with van der Waals surface area (Å²) in [6, 6.07) is 7.52. The van der Waals surface area contributed by atoms with Crippen LogP contribution in [0.15, 0.2) is 40.0 Å². The molecule has 0 radical (unpaired) electrons. The predicted molar refractivity (Wildman–Crippen MR) is 107 cm³/mol. The number of nitrogens with zero attached hydrogens (tertiary/aromatic N) is 2. The second-order valence-electron chi connectivity index (χ2n) is 7.15. The molecule has 128 valence electrons. The second kappa shape index (κ2) is 7.76. The monoisotopic (exact) mass is 404 g/mol. The Morgan fingerprint density at radius 2 is 1.79 bits per heavy atom. The number of fused-ring (bicyclic) bond motifs is 1. The lowest BCUT2D eigenvalue weighted by molar-refractivity contribution is 0.133. The summed E-state index contributed by atoms with van der Waals surface area (Å²) in [6.45, 7) is 2.58. The van der Waals surface area contributed by atoms with Gasteiger partial charge < -0.3 is 4.90 Å². The molecule has 0 bridgehead atoms. The summed E-state index contributed by atoms with van der Waals surface area (Å²) in [5, 5.41) is 3.25. The first-order valence-electron chi connectivity index (χ1n) is 9.23. The second-order valence-corrected chi connectivity index (χ2v) is 9.35. The van der Waals surface area contributed by atoms with Crippen LogP contribution in [0.3, 0.4) is 0 Å². The highest BCUT2D eigenvalue weighted by Crippen LogP contribution is 2.38. The zero-order chi connectivity index (χ0) is 16.4. The number of aromatic nitrogens is 1. The van der Waals surface area contributed by atoms with Gasteiger partial charge in [-0.05, 0) is 78.3 Å². The first-order valence-corrected chi connectivity index (χ1v) is 10.9. The minimum absolute atomic E-state index is 0.750. The molecule has 2 aliphatic rings. The Morgan fingerprint density at radius 1 is 1.00 bits per heavy atom. The summed E-state index contributed by atoms with van der Waals surface area (Å²) in [7, 11) is 0. The summed E-state index contributed by atoms with van der Waals surface area (Å²) in [5.74, 6) is 0. The maximum atomic E-state index is 4.22. The number of likely N-dealkylation sites (tertiary alicyclic amines) is 1. The van der Waals surface area contributed by atoms with Gasteiger partial charge in [0.25, 0.3) is 0 Å². The van der Waals surface area contributed by atoms with Gasteiger partial charge in [-0.2, -0.15) is 0 Å². The molecule has 2 fully saturated rings. The fraction of sp³-hybridized carbons (Fsp3) is 0.550. The molecule has 1 aliphatic carbocycles. The summed E-state index contributed by atoms with van der Waals surface area (Å²) in [5.41, 5.74) is 0. The maximum Gasteiger partial charge on any atom is 0.0346 e. The molecular formula is C20H25BrN2S. The SMILES string of the molecule is Brc1cc2cnccc2cc1SC1CCN(C2CCCCC2)CC1. The number of benzene rings is 1. The van der Waals surface area contributed by atoms with E-state index in [4.69, 9.17) is 0 Å². The third-order valence-electron chi connectivity index (χ3n) is 5.55. The molecule has 0 atom stereocenters. The molecule has 1 saturated carbocycles. The van der Waals surface area contributed by atoms with Crippen LogP contribution in [0.2, 0.25) is 0 Å². The van der Waals surface area contributed by atoms with Gasteiger partial charge in [-0.3, -0.25) is 4.98 Å². The van der Waals surface area contributed by atoms with Crippen molar-refractivity contribution in [1.29, 1.82) is 0 Å². The molecule has 0 spiro atoms. The largest absolute Gasteiger partial charge is 0.300 e. The quantitative estimate of drug-likeness (QED) is 0.634. The first kappa shape index (κ1) is 16.9. The van der Waals surface area contributed by atoms with Crippen LogP contribution in [0.25, 0.3) is 10.8 Å². The van der Waals surface area contributed by atoms with Crippen molar-refractivity contribution in [1.82, 2.24) is 9.88 Å². The average Bonchev–Trinajstić information content (AvgIpc) is 2.64. The van der Waals surface area contributed by atoms with Gasteiger partial charge >= 0.3 is 0 Å². The van der Waals surface area contributed by atoms with Gasteiger partial charge in [-0.15, -0.1) is 11.8 Å². The van der Waals surface area contributed by atoms with Crippen LogP contribution < -0.4 is 0 Å². The van der Waals surface area contributed by atoms with Crippen LogP contribution in [0.4, 0.5) is 0 Å². The Balaban J connectivity index is 1.39. The molecule has 1 aromatic heterocycles. The molecule has 4 rings (SSSR count). The standard InChI is InChI=1S/C20H25BrN2S/c21-19-12-16-14-22-9-6-15(16)13-20(19)24-18-7-10-23(11-8-18)17-4-2-1-3-5-17/h6,9,12-14,17-18H,1-5,7-8,10-11H2. The number of pyridine rings is 1. The molecule has 0 unspecified atom stereocenters. The molecular weight excluding hydrogens is 380 g/mol. The van der Waals surface area contributed by atoms with Crippen LogP contribution in [0.1, 0.15) is 44.9 Å². The number of halogens is 1. The van der Waals surface area contributed by atoms with Gasteiger partial charge in [0.05, 0.1) is 0 Å². The number of hydrogen-bond acceptors (Lipinski definition) is 3. The van der Waals surface area contributed by atoms with Crippen molar-refractivity contribution in [3.63, 3.8) is 0 Å². The molecule has 2 aromatic rings. The van der Waals surface area contributed by atoms with E-state index in [0.29, 0.717) is 0 Å². The summed E-state index contributed by atoms with van der Waals surface area (Å²) in [6.07, 6.45) is 13.7. The number of piperidine rings is 1. The van der Waals surface area contributed by atoms with Gasteiger partial charge in [0.15, 0.2) is 0 Å². The van der Waals surface area contributed by atoms with Gasteiger partial charge in [0.2, 0.25) is 0 Å². The normalized spacial score (nSPS) is 21.4. The Hall–Kier alpha value is -0.580.